The summed E-state index contributed by atoms with van der Waals surface area (Å²) in [5.74, 6) is 2.20. The molecule has 1 aliphatic carbocycles. The highest BCUT2D eigenvalue weighted by molar-refractivity contribution is 7.98. The van der Waals surface area contributed by atoms with Crippen LogP contribution >= 0.6 is 12.1 Å². The molecule has 1 fully saturated rings. The fourth-order valence-corrected chi connectivity index (χ4v) is 7.12. The first-order valence-electron chi connectivity index (χ1n) is 15.4. The minimum absolute atomic E-state index is 0.216. The summed E-state index contributed by atoms with van der Waals surface area (Å²) in [5, 5.41) is 0. The maximum Gasteiger partial charge on any atom is 0.573 e. The molecule has 1 saturated heterocycles. The normalized spacial score (nSPS) is 16.6. The van der Waals surface area contributed by atoms with E-state index in [1.54, 1.807) is 26.4 Å². The Kier molecular flexibility index (Phi) is 11.4. The van der Waals surface area contributed by atoms with Crippen LogP contribution in [0.2, 0.25) is 0 Å². The molecule has 0 spiro atoms. The smallest absolute Gasteiger partial charge is 0.497 e. The van der Waals surface area contributed by atoms with Gasteiger partial charge < -0.3 is 24.7 Å². The Morgan fingerprint density at radius 2 is 1.48 bits per heavy atom. The number of nitrogens with one attached hydrogen (secondary N) is 1. The molecule has 3 N–H and O–H groups in total. The summed E-state index contributed by atoms with van der Waals surface area (Å²) in [6, 6.07) is 29.2. The molecule has 244 valence electrons. The maximum atomic E-state index is 12.4. The first kappa shape index (κ1) is 33.5. The Hall–Kier alpha value is -3.86. The second-order valence-corrected chi connectivity index (χ2v) is 12.2. The van der Waals surface area contributed by atoms with E-state index in [0.29, 0.717) is 18.4 Å². The van der Waals surface area contributed by atoms with E-state index in [-0.39, 0.29) is 5.75 Å². The molecule has 0 bridgehead atoms. The lowest BCUT2D eigenvalue weighted by Crippen LogP contribution is -2.35. The molecule has 1 aliphatic heterocycles. The van der Waals surface area contributed by atoms with E-state index in [2.05, 4.69) is 62.3 Å². The molecule has 0 aromatic heterocycles. The molecule has 1 atom stereocenters. The number of anilines is 1. The summed E-state index contributed by atoms with van der Waals surface area (Å²) in [4.78, 5) is 0. The van der Waals surface area contributed by atoms with Crippen molar-refractivity contribution in [3.8, 4) is 17.2 Å². The Morgan fingerprint density at radius 3 is 2.07 bits per heavy atom. The lowest BCUT2D eigenvalue weighted by molar-refractivity contribution is -0.274. The molecule has 1 heterocycles. The number of aryl methyl sites for hydroxylation is 2. The van der Waals surface area contributed by atoms with Gasteiger partial charge in [0.2, 0.25) is 0 Å². The number of hydrogen-bond acceptors (Lipinski definition) is 7. The molecule has 0 saturated carbocycles. The number of rotatable bonds is 8. The quantitative estimate of drug-likeness (QED) is 0.186. The van der Waals surface area contributed by atoms with Crippen molar-refractivity contribution >= 4 is 17.8 Å². The van der Waals surface area contributed by atoms with Gasteiger partial charge in [0.1, 0.15) is 17.2 Å². The van der Waals surface area contributed by atoms with E-state index in [9.17, 15) is 13.2 Å². The summed E-state index contributed by atoms with van der Waals surface area (Å²) < 4.78 is 56.9. The number of nitrogens with two attached hydrogens (primary N) is 1. The first-order chi connectivity index (χ1) is 22.3. The molecule has 2 aliphatic rings. The van der Waals surface area contributed by atoms with E-state index in [4.69, 9.17) is 15.2 Å². The van der Waals surface area contributed by atoms with Crippen LogP contribution < -0.4 is 24.7 Å². The molecule has 4 aromatic rings. The second kappa shape index (κ2) is 15.6. The zero-order valence-corrected chi connectivity index (χ0v) is 26.9. The Balaban J connectivity index is 0.000000293. The van der Waals surface area contributed by atoms with Crippen molar-refractivity contribution in [3.05, 3.63) is 119 Å². The largest absolute Gasteiger partial charge is 0.573 e. The number of alkyl halides is 3. The van der Waals surface area contributed by atoms with Crippen LogP contribution in [-0.2, 0) is 19.4 Å². The third-order valence-electron chi connectivity index (χ3n) is 8.43. The van der Waals surface area contributed by atoms with Crippen molar-refractivity contribution in [3.63, 3.8) is 0 Å². The minimum atomic E-state index is -4.68. The Bertz CT molecular complexity index is 1520. The third-order valence-corrected chi connectivity index (χ3v) is 9.35. The number of piperidine rings is 1. The molecular formula is C36H40F3N3O3S. The number of benzene rings is 4. The number of ether oxygens (including phenoxy) is 3. The Labute approximate surface area is 273 Å². The summed E-state index contributed by atoms with van der Waals surface area (Å²) >= 11 is 1.53. The predicted molar refractivity (Wildman–Crippen MR) is 178 cm³/mol. The number of methoxy groups -OCH3 is 2. The first-order valence-corrected chi connectivity index (χ1v) is 16.2. The van der Waals surface area contributed by atoms with Crippen LogP contribution in [0.15, 0.2) is 91.0 Å². The van der Waals surface area contributed by atoms with E-state index >= 15 is 0 Å². The van der Waals surface area contributed by atoms with Crippen molar-refractivity contribution < 1.29 is 27.4 Å². The summed E-state index contributed by atoms with van der Waals surface area (Å²) in [6.45, 7) is 2.40. The molecule has 6 nitrogen and oxygen atoms in total. The van der Waals surface area contributed by atoms with Crippen molar-refractivity contribution in [1.29, 1.82) is 0 Å². The summed E-state index contributed by atoms with van der Waals surface area (Å²) in [6.07, 6.45) is -0.247. The van der Waals surface area contributed by atoms with Crippen LogP contribution in [0.5, 0.6) is 17.2 Å². The molecule has 6 rings (SSSR count). The van der Waals surface area contributed by atoms with Gasteiger partial charge >= 0.3 is 6.36 Å². The van der Waals surface area contributed by atoms with Crippen LogP contribution in [-0.4, -0.2) is 38.0 Å². The van der Waals surface area contributed by atoms with Crippen molar-refractivity contribution in [1.82, 2.24) is 4.31 Å². The van der Waals surface area contributed by atoms with Gasteiger partial charge in [-0.2, -0.15) is 0 Å². The SMILES string of the molecule is COc1ccc(CN)c(OC)c1.FC(F)(F)Oc1ccc(NSN2CCCC(C3c4ccccc4CCc4ccccc43)C2)cc1. The van der Waals surface area contributed by atoms with Gasteiger partial charge in [0.25, 0.3) is 0 Å². The van der Waals surface area contributed by atoms with Crippen LogP contribution in [0.3, 0.4) is 0 Å². The fraction of sp³-hybridized carbons (Fsp3) is 0.333. The average molecular weight is 652 g/mol. The van der Waals surface area contributed by atoms with Gasteiger partial charge in [0, 0.05) is 55.0 Å². The van der Waals surface area contributed by atoms with Gasteiger partial charge in [0.15, 0.2) is 0 Å². The number of halogens is 3. The van der Waals surface area contributed by atoms with E-state index in [0.717, 1.165) is 55.1 Å². The zero-order valence-electron chi connectivity index (χ0n) is 26.1. The van der Waals surface area contributed by atoms with Gasteiger partial charge in [-0.1, -0.05) is 54.6 Å². The number of hydrogen-bond donors (Lipinski definition) is 2. The lowest BCUT2D eigenvalue weighted by Gasteiger charge is -2.37. The highest BCUT2D eigenvalue weighted by Crippen LogP contribution is 2.43. The Morgan fingerprint density at radius 1 is 0.848 bits per heavy atom. The van der Waals surface area contributed by atoms with Gasteiger partial charge in [0.05, 0.1) is 14.2 Å². The van der Waals surface area contributed by atoms with E-state index in [1.807, 2.05) is 18.2 Å². The highest BCUT2D eigenvalue weighted by Gasteiger charge is 2.34. The van der Waals surface area contributed by atoms with Crippen molar-refractivity contribution in [2.75, 3.05) is 32.0 Å². The molecule has 4 aromatic carbocycles. The lowest BCUT2D eigenvalue weighted by atomic mass is 9.76. The number of fused-ring (bicyclic) bond motifs is 2. The van der Waals surface area contributed by atoms with Gasteiger partial charge in [-0.05, 0) is 84.2 Å². The van der Waals surface area contributed by atoms with E-state index < -0.39 is 6.36 Å². The van der Waals surface area contributed by atoms with Gasteiger partial charge in [-0.25, -0.2) is 4.31 Å². The molecule has 1 unspecified atom stereocenters. The standard InChI is InChI=1S/C27H27F3N2OS.C9H13NO2/c28-27(29,30)33-23-15-13-22(14-16-23)31-34-32-17-5-8-21(18-32)26-24-9-3-1-6-19(24)11-12-20-7-2-4-10-25(20)26;1-11-8-4-3-7(6-10)9(5-8)12-2/h1-4,6-7,9-10,13-16,21,26,31H,5,8,11-12,17-18H2;3-5H,6,10H2,1-2H3. The highest BCUT2D eigenvalue weighted by atomic mass is 32.2. The van der Waals surface area contributed by atoms with Gasteiger partial charge in [-0.3, -0.25) is 0 Å². The van der Waals surface area contributed by atoms with Crippen molar-refractivity contribution in [2.24, 2.45) is 11.7 Å². The van der Waals surface area contributed by atoms with Crippen LogP contribution in [0.4, 0.5) is 18.9 Å². The van der Waals surface area contributed by atoms with Crippen LogP contribution in [0, 0.1) is 5.92 Å². The predicted octanol–water partition coefficient (Wildman–Crippen LogP) is 8.37. The summed E-state index contributed by atoms with van der Waals surface area (Å²) in [7, 11) is 3.24. The number of nitrogens with zero attached hydrogens (tertiary/aromatic N) is 1. The zero-order chi connectivity index (χ0) is 32.5. The maximum absolute atomic E-state index is 12.4. The average Bonchev–Trinajstić information content (AvgIpc) is 3.24. The molecule has 10 heteroatoms. The third kappa shape index (κ3) is 8.69. The summed E-state index contributed by atoms with van der Waals surface area (Å²) in [5.41, 5.74) is 13.0. The molecule has 46 heavy (non-hydrogen) atoms. The van der Waals surface area contributed by atoms with Crippen LogP contribution in [0.25, 0.3) is 0 Å². The topological polar surface area (TPSA) is 69.0 Å². The minimum Gasteiger partial charge on any atom is -0.497 e. The monoisotopic (exact) mass is 651 g/mol. The van der Waals surface area contributed by atoms with Crippen molar-refractivity contribution in [2.45, 2.75) is 44.5 Å². The molecule has 0 amide bonds. The fourth-order valence-electron chi connectivity index (χ4n) is 6.27. The van der Waals surface area contributed by atoms with Gasteiger partial charge in [-0.15, -0.1) is 13.2 Å². The molecule has 0 radical (unpaired) electrons. The second-order valence-electron chi connectivity index (χ2n) is 11.3. The van der Waals surface area contributed by atoms with Crippen LogP contribution in [0.1, 0.15) is 46.6 Å². The molecular weight excluding hydrogens is 611 g/mol. The van der Waals surface area contributed by atoms with E-state index in [1.165, 1.54) is 52.9 Å².